The minimum absolute atomic E-state index is 0.289. The number of benzene rings is 1. The van der Waals surface area contributed by atoms with Gasteiger partial charge in [0.2, 0.25) is 15.9 Å². The number of nitrogens with one attached hydrogen (secondary N) is 2. The van der Waals surface area contributed by atoms with Crippen LogP contribution in [0.25, 0.3) is 0 Å². The number of rotatable bonds is 8. The average molecular weight is 381 g/mol. The summed E-state index contributed by atoms with van der Waals surface area (Å²) < 4.78 is 64.4. The van der Waals surface area contributed by atoms with Crippen LogP contribution < -0.4 is 15.1 Å². The van der Waals surface area contributed by atoms with Gasteiger partial charge in [-0.05, 0) is 37.1 Å². The normalized spacial score (nSPS) is 13.3. The number of alkyl halides is 3. The fraction of sp³-hybridized carbons (Fsp3) is 0.429. The van der Waals surface area contributed by atoms with Gasteiger partial charge in [-0.15, -0.1) is 0 Å². The Bertz CT molecular complexity index is 717. The first kappa shape index (κ1) is 20.9. The summed E-state index contributed by atoms with van der Waals surface area (Å²) in [5.74, 6) is -4.17. The van der Waals surface area contributed by atoms with E-state index in [0.29, 0.717) is 5.69 Å². The van der Waals surface area contributed by atoms with Crippen LogP contribution in [0.5, 0.6) is 0 Å². The molecule has 0 fully saturated rings. The van der Waals surface area contributed by atoms with Crippen LogP contribution in [0.1, 0.15) is 19.8 Å². The lowest BCUT2D eigenvalue weighted by Gasteiger charge is -2.21. The number of aliphatic carboxylic acids is 1. The summed E-state index contributed by atoms with van der Waals surface area (Å²) in [4.78, 5) is 20.9. The van der Waals surface area contributed by atoms with E-state index >= 15 is 0 Å². The van der Waals surface area contributed by atoms with Gasteiger partial charge in [-0.2, -0.15) is 13.2 Å². The summed E-state index contributed by atoms with van der Waals surface area (Å²) in [6.07, 6.45) is -6.39. The Morgan fingerprint density at radius 2 is 1.76 bits per heavy atom. The minimum atomic E-state index is -4.76. The monoisotopic (exact) mass is 381 g/mol. The highest BCUT2D eigenvalue weighted by Crippen LogP contribution is 2.29. The first-order valence-electron chi connectivity index (χ1n) is 7.05. The number of carbonyl (C=O) groups excluding carboxylic acids is 2. The zero-order valence-corrected chi connectivity index (χ0v) is 13.9. The van der Waals surface area contributed by atoms with E-state index in [1.54, 1.807) is 0 Å². The Kier molecular flexibility index (Phi) is 6.94. The zero-order chi connectivity index (χ0) is 19.3. The number of halogens is 3. The van der Waals surface area contributed by atoms with Crippen molar-refractivity contribution in [1.29, 1.82) is 0 Å². The Balaban J connectivity index is 2.81. The number of anilines is 1. The molecule has 25 heavy (non-hydrogen) atoms. The number of sulfonamides is 1. The second kappa shape index (κ2) is 8.30. The third-order valence-corrected chi connectivity index (χ3v) is 4.60. The molecule has 1 aromatic carbocycles. The van der Waals surface area contributed by atoms with E-state index in [0.717, 1.165) is 12.1 Å². The molecule has 1 atom stereocenters. The number of carboxylic acids is 1. The summed E-state index contributed by atoms with van der Waals surface area (Å²) >= 11 is 0. The van der Waals surface area contributed by atoms with Crippen LogP contribution in [-0.4, -0.2) is 33.0 Å². The van der Waals surface area contributed by atoms with Gasteiger partial charge in [0.1, 0.15) is 0 Å². The molecule has 0 heterocycles. The topological polar surface area (TPSA) is 115 Å². The van der Waals surface area contributed by atoms with Crippen molar-refractivity contribution < 1.29 is 36.3 Å². The van der Waals surface area contributed by atoms with Crippen molar-refractivity contribution in [2.75, 3.05) is 11.9 Å². The third-order valence-electron chi connectivity index (χ3n) is 3.16. The van der Waals surface area contributed by atoms with Gasteiger partial charge < -0.3 is 15.2 Å². The van der Waals surface area contributed by atoms with Gasteiger partial charge in [-0.1, -0.05) is 0 Å². The molecule has 1 aromatic rings. The first-order valence-corrected chi connectivity index (χ1v) is 8.54. The van der Waals surface area contributed by atoms with Crippen molar-refractivity contribution in [3.05, 3.63) is 24.3 Å². The smallest absolute Gasteiger partial charge is 0.393 e. The molecule has 0 aliphatic rings. The van der Waals surface area contributed by atoms with Gasteiger partial charge in [0.25, 0.3) is 0 Å². The number of amides is 1. The minimum Gasteiger partial charge on any atom is -0.550 e. The van der Waals surface area contributed by atoms with Crippen LogP contribution in [0.3, 0.4) is 0 Å². The highest BCUT2D eigenvalue weighted by Gasteiger charge is 2.39. The standard InChI is InChI=1S/C14H17F3N2O5S/c1-9(20)19-11-3-5-12(6-4-11)25(23,24)18-8-10(14(15,16)17)2-7-13(21)22/h3-6,10,18H,2,7-8H2,1H3,(H,19,20)(H,21,22)/p-1/t10-/m0/s1. The largest absolute Gasteiger partial charge is 0.550 e. The molecule has 0 bridgehead atoms. The Morgan fingerprint density at radius 1 is 1.20 bits per heavy atom. The lowest BCUT2D eigenvalue weighted by molar-refractivity contribution is -0.306. The second-order valence-corrected chi connectivity index (χ2v) is 6.97. The van der Waals surface area contributed by atoms with Gasteiger partial charge in [-0.25, -0.2) is 13.1 Å². The fourth-order valence-electron chi connectivity index (χ4n) is 1.89. The summed E-state index contributed by atoms with van der Waals surface area (Å²) in [6.45, 7) is 0.267. The molecule has 0 aliphatic carbocycles. The van der Waals surface area contributed by atoms with Crippen molar-refractivity contribution in [3.8, 4) is 0 Å². The summed E-state index contributed by atoms with van der Waals surface area (Å²) in [5.41, 5.74) is 0.327. The van der Waals surface area contributed by atoms with E-state index in [1.807, 2.05) is 4.72 Å². The molecule has 0 saturated heterocycles. The number of carboxylic acid groups (broad SMARTS) is 1. The van der Waals surface area contributed by atoms with Crippen LogP contribution in [0.15, 0.2) is 29.2 Å². The summed E-state index contributed by atoms with van der Waals surface area (Å²) in [7, 11) is -4.23. The number of hydrogen-bond acceptors (Lipinski definition) is 5. The molecule has 0 aliphatic heterocycles. The molecule has 0 radical (unpaired) electrons. The van der Waals surface area contributed by atoms with E-state index in [2.05, 4.69) is 5.32 Å². The maximum Gasteiger partial charge on any atom is 0.393 e. The quantitative estimate of drug-likeness (QED) is 0.685. The highest BCUT2D eigenvalue weighted by atomic mass is 32.2. The van der Waals surface area contributed by atoms with Crippen LogP contribution in [0.4, 0.5) is 18.9 Å². The molecule has 0 unspecified atom stereocenters. The predicted molar refractivity (Wildman–Crippen MR) is 79.7 cm³/mol. The number of carbonyl (C=O) groups is 2. The Morgan fingerprint density at radius 3 is 2.20 bits per heavy atom. The molecule has 7 nitrogen and oxygen atoms in total. The first-order chi connectivity index (χ1) is 11.4. The van der Waals surface area contributed by atoms with Gasteiger partial charge in [0.05, 0.1) is 10.8 Å². The predicted octanol–water partition coefficient (Wildman–Crippen LogP) is 0.632. The van der Waals surface area contributed by atoms with Gasteiger partial charge in [-0.3, -0.25) is 4.79 Å². The average Bonchev–Trinajstić information content (AvgIpc) is 2.45. The molecule has 2 N–H and O–H groups in total. The molecule has 0 aromatic heterocycles. The van der Waals surface area contributed by atoms with Crippen molar-refractivity contribution in [2.45, 2.75) is 30.8 Å². The van der Waals surface area contributed by atoms with Crippen LogP contribution in [0.2, 0.25) is 0 Å². The van der Waals surface area contributed by atoms with Crippen molar-refractivity contribution in [3.63, 3.8) is 0 Å². The van der Waals surface area contributed by atoms with Crippen molar-refractivity contribution >= 4 is 27.6 Å². The van der Waals surface area contributed by atoms with Crippen molar-refractivity contribution in [2.24, 2.45) is 5.92 Å². The highest BCUT2D eigenvalue weighted by molar-refractivity contribution is 7.89. The lowest BCUT2D eigenvalue weighted by atomic mass is 10.0. The zero-order valence-electron chi connectivity index (χ0n) is 13.1. The van der Waals surface area contributed by atoms with Gasteiger partial charge >= 0.3 is 6.18 Å². The van der Waals surface area contributed by atoms with Crippen molar-refractivity contribution in [1.82, 2.24) is 4.72 Å². The Labute approximate surface area is 142 Å². The van der Waals surface area contributed by atoms with Crippen LogP contribution >= 0.6 is 0 Å². The van der Waals surface area contributed by atoms with E-state index in [-0.39, 0.29) is 10.8 Å². The third kappa shape index (κ3) is 7.10. The summed E-state index contributed by atoms with van der Waals surface area (Å²) in [6, 6.07) is 4.81. The van der Waals surface area contributed by atoms with E-state index in [9.17, 15) is 36.3 Å². The van der Waals surface area contributed by atoms with Gasteiger partial charge in [0.15, 0.2) is 0 Å². The maximum atomic E-state index is 12.8. The maximum absolute atomic E-state index is 12.8. The van der Waals surface area contributed by atoms with Crippen LogP contribution in [0, 0.1) is 5.92 Å². The summed E-state index contributed by atoms with van der Waals surface area (Å²) in [5, 5.41) is 12.7. The van der Waals surface area contributed by atoms with E-state index in [4.69, 9.17) is 0 Å². The SMILES string of the molecule is CC(=O)Nc1ccc(S(=O)(=O)NC[C@H](CCC(=O)[O-])C(F)(F)F)cc1. The van der Waals surface area contributed by atoms with Gasteiger partial charge in [0, 0.05) is 25.1 Å². The second-order valence-electron chi connectivity index (χ2n) is 5.21. The molecule has 0 saturated carbocycles. The molecular weight excluding hydrogens is 365 g/mol. The molecule has 140 valence electrons. The van der Waals surface area contributed by atoms with E-state index in [1.165, 1.54) is 19.1 Å². The Hall–Kier alpha value is -2.14. The molecule has 11 heteroatoms. The van der Waals surface area contributed by atoms with Crippen LogP contribution in [-0.2, 0) is 19.6 Å². The molecule has 1 amide bonds. The molecular formula is C14H16F3N2O5S-. The molecule has 0 spiro atoms. The fourth-order valence-corrected chi connectivity index (χ4v) is 2.97. The van der Waals surface area contributed by atoms with E-state index < -0.39 is 47.5 Å². The number of hydrogen-bond donors (Lipinski definition) is 2. The molecule has 1 rings (SSSR count). The lowest BCUT2D eigenvalue weighted by Crippen LogP contribution is -2.37.